The number of halogens is 2. The Hall–Kier alpha value is -0.250. The molecule has 1 aliphatic rings. The molecule has 1 fully saturated rings. The van der Waals surface area contributed by atoms with Crippen LogP contribution in [-0.4, -0.2) is 19.1 Å². The van der Waals surface area contributed by atoms with Crippen molar-refractivity contribution in [2.24, 2.45) is 5.41 Å². The zero-order valence-electron chi connectivity index (χ0n) is 10.2. The van der Waals surface area contributed by atoms with Crippen LogP contribution in [0, 0.1) is 5.41 Å². The van der Waals surface area contributed by atoms with Crippen LogP contribution < -0.4 is 10.6 Å². The van der Waals surface area contributed by atoms with Crippen molar-refractivity contribution in [2.45, 2.75) is 26.3 Å². The smallest absolute Gasteiger partial charge is 0.0549 e. The molecule has 0 radical (unpaired) electrons. The van der Waals surface area contributed by atoms with E-state index in [0.717, 1.165) is 34.7 Å². The normalized spacial score (nSPS) is 23.4. The average Bonchev–Trinajstić information content (AvgIpc) is 2.26. The Morgan fingerprint density at radius 2 is 2.24 bits per heavy atom. The lowest BCUT2D eigenvalue weighted by atomic mass is 9.80. The molecule has 4 heteroatoms. The van der Waals surface area contributed by atoms with Crippen LogP contribution in [0.25, 0.3) is 0 Å². The summed E-state index contributed by atoms with van der Waals surface area (Å²) in [6.07, 6.45) is 1.15. The quantitative estimate of drug-likeness (QED) is 0.864. The first-order valence-corrected chi connectivity index (χ1v) is 7.08. The van der Waals surface area contributed by atoms with E-state index in [2.05, 4.69) is 40.4 Å². The molecule has 1 atom stereocenters. The van der Waals surface area contributed by atoms with Crippen LogP contribution in [0.1, 0.15) is 20.3 Å². The maximum atomic E-state index is 5.99. The third-order valence-electron chi connectivity index (χ3n) is 3.39. The molecule has 1 heterocycles. The van der Waals surface area contributed by atoms with Gasteiger partial charge in [0.25, 0.3) is 0 Å². The van der Waals surface area contributed by atoms with E-state index >= 15 is 0 Å². The van der Waals surface area contributed by atoms with E-state index in [1.54, 1.807) is 0 Å². The molecule has 0 aromatic heterocycles. The molecule has 2 nitrogen and oxygen atoms in total. The molecule has 0 bridgehead atoms. The maximum absolute atomic E-state index is 5.99. The standard InChI is InChI=1S/C13H18BrClN2/c1-13(2)8-16-6-5-12(13)17-9-3-4-11(15)10(14)7-9/h3-4,7,12,16-17H,5-6,8H2,1-2H3. The third kappa shape index (κ3) is 3.15. The molecule has 1 unspecified atom stereocenters. The van der Waals surface area contributed by atoms with Gasteiger partial charge in [0.2, 0.25) is 0 Å². The Balaban J connectivity index is 2.11. The fourth-order valence-electron chi connectivity index (χ4n) is 2.23. The fraction of sp³-hybridized carbons (Fsp3) is 0.538. The summed E-state index contributed by atoms with van der Waals surface area (Å²) in [6, 6.07) is 6.49. The Kier molecular flexibility index (Phi) is 4.01. The highest BCUT2D eigenvalue weighted by molar-refractivity contribution is 9.10. The molecule has 0 aliphatic carbocycles. The Labute approximate surface area is 116 Å². The van der Waals surface area contributed by atoms with E-state index in [1.807, 2.05) is 18.2 Å². The number of piperidine rings is 1. The van der Waals surface area contributed by atoms with E-state index in [0.29, 0.717) is 6.04 Å². The van der Waals surface area contributed by atoms with Gasteiger partial charge in [-0.05, 0) is 52.5 Å². The fourth-order valence-corrected chi connectivity index (χ4v) is 2.72. The maximum Gasteiger partial charge on any atom is 0.0549 e. The lowest BCUT2D eigenvalue weighted by Crippen LogP contribution is -2.49. The molecule has 0 spiro atoms. The van der Waals surface area contributed by atoms with Crippen molar-refractivity contribution < 1.29 is 0 Å². The van der Waals surface area contributed by atoms with Gasteiger partial charge in [-0.1, -0.05) is 25.4 Å². The van der Waals surface area contributed by atoms with Crippen LogP contribution in [-0.2, 0) is 0 Å². The van der Waals surface area contributed by atoms with Gasteiger partial charge in [-0.2, -0.15) is 0 Å². The topological polar surface area (TPSA) is 24.1 Å². The highest BCUT2D eigenvalue weighted by Crippen LogP contribution is 2.31. The van der Waals surface area contributed by atoms with E-state index in [9.17, 15) is 0 Å². The number of anilines is 1. The van der Waals surface area contributed by atoms with Crippen molar-refractivity contribution >= 4 is 33.2 Å². The number of nitrogens with one attached hydrogen (secondary N) is 2. The second kappa shape index (κ2) is 5.17. The van der Waals surface area contributed by atoms with Gasteiger partial charge in [0.1, 0.15) is 0 Å². The van der Waals surface area contributed by atoms with Gasteiger partial charge < -0.3 is 10.6 Å². The van der Waals surface area contributed by atoms with Crippen LogP contribution in [0.15, 0.2) is 22.7 Å². The minimum Gasteiger partial charge on any atom is -0.382 e. The summed E-state index contributed by atoms with van der Waals surface area (Å²) in [5.74, 6) is 0. The molecule has 2 rings (SSSR count). The van der Waals surface area contributed by atoms with Gasteiger partial charge in [-0.15, -0.1) is 0 Å². The third-order valence-corrected chi connectivity index (χ3v) is 4.61. The summed E-state index contributed by atoms with van der Waals surface area (Å²) in [5.41, 5.74) is 1.39. The predicted molar refractivity (Wildman–Crippen MR) is 77.8 cm³/mol. The largest absolute Gasteiger partial charge is 0.382 e. The zero-order chi connectivity index (χ0) is 12.5. The van der Waals surface area contributed by atoms with Crippen LogP contribution in [0.2, 0.25) is 5.02 Å². The number of hydrogen-bond donors (Lipinski definition) is 2. The van der Waals surface area contributed by atoms with Gasteiger partial charge in [0.15, 0.2) is 0 Å². The monoisotopic (exact) mass is 316 g/mol. The highest BCUT2D eigenvalue weighted by Gasteiger charge is 2.31. The van der Waals surface area contributed by atoms with E-state index in [1.165, 1.54) is 0 Å². The SMILES string of the molecule is CC1(C)CNCCC1Nc1ccc(Cl)c(Br)c1. The van der Waals surface area contributed by atoms with Crippen LogP contribution in [0.4, 0.5) is 5.69 Å². The zero-order valence-corrected chi connectivity index (χ0v) is 12.5. The van der Waals surface area contributed by atoms with Crippen molar-refractivity contribution in [1.82, 2.24) is 5.32 Å². The predicted octanol–water partition coefficient (Wildman–Crippen LogP) is 3.90. The second-order valence-corrected chi connectivity index (χ2v) is 6.54. The van der Waals surface area contributed by atoms with Gasteiger partial charge in [0.05, 0.1) is 5.02 Å². The molecule has 17 heavy (non-hydrogen) atoms. The molecular weight excluding hydrogens is 300 g/mol. The van der Waals surface area contributed by atoms with Crippen LogP contribution in [0.3, 0.4) is 0 Å². The first kappa shape index (κ1) is 13.2. The number of hydrogen-bond acceptors (Lipinski definition) is 2. The summed E-state index contributed by atoms with van der Waals surface area (Å²) in [4.78, 5) is 0. The molecule has 1 aliphatic heterocycles. The minimum absolute atomic E-state index is 0.268. The summed E-state index contributed by atoms with van der Waals surface area (Å²) >= 11 is 9.45. The van der Waals surface area contributed by atoms with Crippen molar-refractivity contribution in [1.29, 1.82) is 0 Å². The van der Waals surface area contributed by atoms with E-state index < -0.39 is 0 Å². The highest BCUT2D eigenvalue weighted by atomic mass is 79.9. The Morgan fingerprint density at radius 1 is 1.47 bits per heavy atom. The Morgan fingerprint density at radius 3 is 2.88 bits per heavy atom. The summed E-state index contributed by atoms with van der Waals surface area (Å²) < 4.78 is 0.941. The molecule has 1 aromatic carbocycles. The average molecular weight is 318 g/mol. The van der Waals surface area contributed by atoms with Crippen molar-refractivity contribution in [3.63, 3.8) is 0 Å². The molecule has 1 aromatic rings. The van der Waals surface area contributed by atoms with Gasteiger partial charge >= 0.3 is 0 Å². The van der Waals surface area contributed by atoms with Crippen LogP contribution in [0.5, 0.6) is 0 Å². The number of rotatable bonds is 2. The molecule has 0 saturated carbocycles. The first-order valence-electron chi connectivity index (χ1n) is 5.91. The van der Waals surface area contributed by atoms with E-state index in [4.69, 9.17) is 11.6 Å². The molecule has 1 saturated heterocycles. The molecule has 2 N–H and O–H groups in total. The number of benzene rings is 1. The summed E-state index contributed by atoms with van der Waals surface area (Å²) in [5, 5.41) is 7.80. The lowest BCUT2D eigenvalue weighted by Gasteiger charge is -2.40. The van der Waals surface area contributed by atoms with Gasteiger partial charge in [0, 0.05) is 22.7 Å². The summed E-state index contributed by atoms with van der Waals surface area (Å²) in [7, 11) is 0. The second-order valence-electron chi connectivity index (χ2n) is 5.28. The van der Waals surface area contributed by atoms with Crippen LogP contribution >= 0.6 is 27.5 Å². The van der Waals surface area contributed by atoms with E-state index in [-0.39, 0.29) is 5.41 Å². The van der Waals surface area contributed by atoms with Gasteiger partial charge in [-0.25, -0.2) is 0 Å². The van der Waals surface area contributed by atoms with Crippen molar-refractivity contribution in [3.8, 4) is 0 Å². The minimum atomic E-state index is 0.268. The molecule has 0 amide bonds. The lowest BCUT2D eigenvalue weighted by molar-refractivity contribution is 0.236. The Bertz CT molecular complexity index is 406. The molecule has 94 valence electrons. The van der Waals surface area contributed by atoms with Crippen molar-refractivity contribution in [2.75, 3.05) is 18.4 Å². The first-order chi connectivity index (χ1) is 7.99. The van der Waals surface area contributed by atoms with Crippen molar-refractivity contribution in [3.05, 3.63) is 27.7 Å². The summed E-state index contributed by atoms with van der Waals surface area (Å²) in [6.45, 7) is 6.72. The molecular formula is C13H18BrClN2. The van der Waals surface area contributed by atoms with Gasteiger partial charge in [-0.3, -0.25) is 0 Å².